The topological polar surface area (TPSA) is 113 Å². The predicted octanol–water partition coefficient (Wildman–Crippen LogP) is 4.55. The zero-order chi connectivity index (χ0) is 29.2. The molecule has 0 unspecified atom stereocenters. The largest absolute Gasteiger partial charge is 0.445 e. The number of nitrogens with two attached hydrogens (primary N) is 1. The van der Waals surface area contributed by atoms with Crippen LogP contribution in [-0.2, 0) is 26.2 Å². The minimum Gasteiger partial charge on any atom is -0.445 e. The van der Waals surface area contributed by atoms with Gasteiger partial charge < -0.3 is 15.4 Å². The van der Waals surface area contributed by atoms with Crippen molar-refractivity contribution in [2.45, 2.75) is 42.7 Å². The second kappa shape index (κ2) is 16.0. The molecule has 42 heavy (non-hydrogen) atoms. The lowest BCUT2D eigenvalue weighted by Gasteiger charge is -2.38. The highest BCUT2D eigenvalue weighted by atomic mass is 35.5. The first-order chi connectivity index (χ1) is 19.7. The summed E-state index contributed by atoms with van der Waals surface area (Å²) in [5, 5.41) is 2.02. The number of likely N-dealkylation sites (tertiary alicyclic amines) is 1. The highest BCUT2D eigenvalue weighted by Gasteiger charge is 2.31. The Hall–Kier alpha value is -2.96. The number of benzene rings is 2. The number of rotatable bonds is 13. The number of piperidine rings is 1. The maximum atomic E-state index is 13.1. The minimum absolute atomic E-state index is 0. The summed E-state index contributed by atoms with van der Waals surface area (Å²) in [6.45, 7) is 2.63. The van der Waals surface area contributed by atoms with Crippen molar-refractivity contribution in [3.8, 4) is 0 Å². The molecule has 0 radical (unpaired) electrons. The Morgan fingerprint density at radius 3 is 2.26 bits per heavy atom. The molecule has 1 aliphatic heterocycles. The molecule has 4 rings (SSSR count). The molecule has 2 heterocycles. The van der Waals surface area contributed by atoms with Crippen molar-refractivity contribution in [3.05, 3.63) is 88.6 Å². The van der Waals surface area contributed by atoms with Crippen LogP contribution in [0.5, 0.6) is 0 Å². The number of sulfonamides is 1. The van der Waals surface area contributed by atoms with Crippen LogP contribution in [0.3, 0.4) is 0 Å². The van der Waals surface area contributed by atoms with Crippen LogP contribution in [0.1, 0.15) is 35.6 Å². The van der Waals surface area contributed by atoms with E-state index < -0.39 is 22.0 Å². The fourth-order valence-electron chi connectivity index (χ4n) is 5.13. The molecule has 2 N–H and O–H groups in total. The van der Waals surface area contributed by atoms with Gasteiger partial charge in [0.05, 0.1) is 4.90 Å². The molecule has 1 aliphatic rings. The normalized spacial score (nSPS) is 15.1. The van der Waals surface area contributed by atoms with E-state index >= 15 is 0 Å². The lowest BCUT2D eigenvalue weighted by molar-refractivity contribution is -0.119. The van der Waals surface area contributed by atoms with E-state index in [-0.39, 0.29) is 42.4 Å². The summed E-state index contributed by atoms with van der Waals surface area (Å²) in [7, 11) is -1.95. The number of likely N-dealkylation sites (N-methyl/N-ethyl adjacent to an activating group) is 1. The van der Waals surface area contributed by atoms with Gasteiger partial charge in [-0.2, -0.15) is 0 Å². The van der Waals surface area contributed by atoms with Gasteiger partial charge in [0.25, 0.3) is 0 Å². The number of nitrogens with zero attached hydrogens (tertiary/aromatic N) is 3. The molecule has 2 amide bonds. The van der Waals surface area contributed by atoms with Crippen LogP contribution < -0.4 is 5.73 Å². The highest BCUT2D eigenvalue weighted by molar-refractivity contribution is 7.89. The number of thiophene rings is 1. The molecule has 0 saturated carbocycles. The second-order valence-electron chi connectivity index (χ2n) is 10.3. The van der Waals surface area contributed by atoms with Crippen LogP contribution >= 0.6 is 23.7 Å². The van der Waals surface area contributed by atoms with Crippen molar-refractivity contribution >= 4 is 45.8 Å². The first-order valence-electron chi connectivity index (χ1n) is 13.8. The van der Waals surface area contributed by atoms with Crippen LogP contribution in [-0.4, -0.2) is 80.3 Å². The molecule has 9 nitrogen and oxygen atoms in total. The number of hydrogen-bond acceptors (Lipinski definition) is 7. The van der Waals surface area contributed by atoms with Crippen molar-refractivity contribution in [2.75, 3.05) is 39.8 Å². The Morgan fingerprint density at radius 1 is 1.02 bits per heavy atom. The van der Waals surface area contributed by atoms with E-state index in [4.69, 9.17) is 10.5 Å². The second-order valence-corrected chi connectivity index (χ2v) is 13.3. The number of amides is 2. The monoisotopic (exact) mass is 634 g/mol. The van der Waals surface area contributed by atoms with Crippen molar-refractivity contribution in [1.82, 2.24) is 14.1 Å². The molecule has 3 aromatic rings. The molecular weight excluding hydrogens is 596 g/mol. The average Bonchev–Trinajstić information content (AvgIpc) is 3.53. The lowest BCUT2D eigenvalue weighted by atomic mass is 10.00. The van der Waals surface area contributed by atoms with Gasteiger partial charge in [0.15, 0.2) is 0 Å². The van der Waals surface area contributed by atoms with Gasteiger partial charge in [0.1, 0.15) is 13.2 Å². The average molecular weight is 635 g/mol. The molecule has 1 atom stereocenters. The van der Waals surface area contributed by atoms with Crippen LogP contribution in [0.25, 0.3) is 0 Å². The number of carbonyl (C=O) groups is 2. The van der Waals surface area contributed by atoms with Gasteiger partial charge in [-0.1, -0.05) is 54.6 Å². The SMILES string of the molecule is CN(C[C@@H](CCN1CCC(N(CC(N)=O)C(=O)OCc2ccccc2)CC1)c1cccs1)S(=O)(=O)c1ccccc1.Cl. The van der Waals surface area contributed by atoms with Gasteiger partial charge in [-0.05, 0) is 54.9 Å². The van der Waals surface area contributed by atoms with E-state index in [9.17, 15) is 18.0 Å². The number of halogens is 1. The summed E-state index contributed by atoms with van der Waals surface area (Å²) < 4.78 is 33.2. The number of ether oxygens (including phenoxy) is 1. The summed E-state index contributed by atoms with van der Waals surface area (Å²) in [4.78, 5) is 29.9. The molecule has 1 aromatic heterocycles. The lowest BCUT2D eigenvalue weighted by Crippen LogP contribution is -2.50. The van der Waals surface area contributed by atoms with E-state index in [0.29, 0.717) is 19.4 Å². The van der Waals surface area contributed by atoms with Crippen molar-refractivity contribution < 1.29 is 22.7 Å². The Labute approximate surface area is 258 Å². The standard InChI is InChI=1S/C30H38N4O5S2.ClH/c1-32(41(37,38)27-11-6-3-7-12-27)21-25(28-13-8-20-40-28)14-17-33-18-15-26(16-19-33)34(22-29(31)35)30(36)39-23-24-9-4-2-5-10-24;/h2-13,20,25-26H,14-19,21-23H2,1H3,(H2,31,35);1H/t25-;/m1./s1. The maximum absolute atomic E-state index is 13.1. The van der Waals surface area contributed by atoms with Gasteiger partial charge >= 0.3 is 6.09 Å². The summed E-state index contributed by atoms with van der Waals surface area (Å²) in [6.07, 6.45) is 1.65. The van der Waals surface area contributed by atoms with E-state index in [1.54, 1.807) is 48.7 Å². The molecule has 0 aliphatic carbocycles. The van der Waals surface area contributed by atoms with E-state index in [1.807, 2.05) is 41.8 Å². The van der Waals surface area contributed by atoms with Gasteiger partial charge in [-0.15, -0.1) is 23.7 Å². The Bertz CT molecular complexity index is 1350. The van der Waals surface area contributed by atoms with Crippen LogP contribution in [0.4, 0.5) is 4.79 Å². The number of carbonyl (C=O) groups excluding carboxylic acids is 2. The molecule has 12 heteroatoms. The zero-order valence-electron chi connectivity index (χ0n) is 23.7. The highest BCUT2D eigenvalue weighted by Crippen LogP contribution is 2.28. The van der Waals surface area contributed by atoms with Crippen LogP contribution in [0.15, 0.2) is 83.1 Å². The van der Waals surface area contributed by atoms with Gasteiger partial charge in [-0.3, -0.25) is 9.69 Å². The minimum atomic E-state index is -3.59. The van der Waals surface area contributed by atoms with Crippen LogP contribution in [0.2, 0.25) is 0 Å². The summed E-state index contributed by atoms with van der Waals surface area (Å²) in [5.74, 6) is -0.520. The summed E-state index contributed by atoms with van der Waals surface area (Å²) in [5.41, 5.74) is 6.33. The fourth-order valence-corrected chi connectivity index (χ4v) is 7.23. The van der Waals surface area contributed by atoms with Crippen molar-refractivity contribution in [2.24, 2.45) is 5.73 Å². The quantitative estimate of drug-likeness (QED) is 0.295. The van der Waals surface area contributed by atoms with Gasteiger partial charge in [0, 0.05) is 43.5 Å². The van der Waals surface area contributed by atoms with Crippen molar-refractivity contribution in [1.29, 1.82) is 0 Å². The third kappa shape index (κ3) is 9.27. The summed E-state index contributed by atoms with van der Waals surface area (Å²) >= 11 is 1.64. The molecule has 0 bridgehead atoms. The predicted molar refractivity (Wildman–Crippen MR) is 167 cm³/mol. The zero-order valence-corrected chi connectivity index (χ0v) is 26.2. The third-order valence-electron chi connectivity index (χ3n) is 7.43. The molecule has 0 spiro atoms. The van der Waals surface area contributed by atoms with Gasteiger partial charge in [-0.25, -0.2) is 17.5 Å². The van der Waals surface area contributed by atoms with E-state index in [0.717, 1.165) is 36.5 Å². The number of primary amides is 1. The first kappa shape index (κ1) is 33.5. The Balaban J connectivity index is 0.00000484. The molecule has 228 valence electrons. The molecular formula is C30H39ClN4O5S2. The van der Waals surface area contributed by atoms with Crippen molar-refractivity contribution in [3.63, 3.8) is 0 Å². The fraction of sp³-hybridized carbons (Fsp3) is 0.400. The molecule has 1 fully saturated rings. The maximum Gasteiger partial charge on any atom is 0.410 e. The Morgan fingerprint density at radius 2 is 1.67 bits per heavy atom. The van der Waals surface area contributed by atoms with Crippen LogP contribution in [0, 0.1) is 0 Å². The summed E-state index contributed by atoms with van der Waals surface area (Å²) in [6, 6.07) is 21.8. The number of hydrogen-bond donors (Lipinski definition) is 1. The van der Waals surface area contributed by atoms with E-state index in [2.05, 4.69) is 11.0 Å². The van der Waals surface area contributed by atoms with Gasteiger partial charge in [0.2, 0.25) is 15.9 Å². The first-order valence-corrected chi connectivity index (χ1v) is 16.1. The third-order valence-corrected chi connectivity index (χ3v) is 10.3. The van der Waals surface area contributed by atoms with E-state index in [1.165, 1.54) is 9.21 Å². The molecule has 2 aromatic carbocycles. The molecule has 1 saturated heterocycles. The smallest absolute Gasteiger partial charge is 0.410 e. The Kier molecular flexibility index (Phi) is 12.8.